The molecule has 5 N–H and O–H groups in total. The number of nitrogens with zero attached hydrogens (tertiary/aromatic N) is 1. The number of carbonyl (C=O) groups excluding carboxylic acids is 5. The highest BCUT2D eigenvalue weighted by Gasteiger charge is 2.38. The minimum absolute atomic E-state index is 0.159. The smallest absolute Gasteiger partial charge is 0.408 e. The molecule has 0 saturated carbocycles. The van der Waals surface area contributed by atoms with Crippen LogP contribution in [0.4, 0.5) is 9.59 Å². The predicted molar refractivity (Wildman–Crippen MR) is 143 cm³/mol. The number of alkyl carbamates (subject to hydrolysis) is 2. The van der Waals surface area contributed by atoms with Crippen molar-refractivity contribution < 1.29 is 33.4 Å². The molecule has 5 amide bonds. The van der Waals surface area contributed by atoms with Crippen LogP contribution in [-0.2, 0) is 30.5 Å². The van der Waals surface area contributed by atoms with E-state index in [1.807, 2.05) is 30.3 Å². The van der Waals surface area contributed by atoms with Gasteiger partial charge in [-0.25, -0.2) is 9.59 Å². The van der Waals surface area contributed by atoms with Crippen molar-refractivity contribution in [2.45, 2.75) is 90.1 Å². The van der Waals surface area contributed by atoms with E-state index in [4.69, 9.17) is 15.2 Å². The Kier molecular flexibility index (Phi) is 12.0. The molecule has 1 aromatic rings. The van der Waals surface area contributed by atoms with E-state index < -0.39 is 53.6 Å². The van der Waals surface area contributed by atoms with Crippen molar-refractivity contribution in [2.24, 2.45) is 5.73 Å². The van der Waals surface area contributed by atoms with E-state index in [0.29, 0.717) is 38.8 Å². The van der Waals surface area contributed by atoms with Gasteiger partial charge in [-0.3, -0.25) is 14.4 Å². The lowest BCUT2D eigenvalue weighted by Gasteiger charge is -2.30. The van der Waals surface area contributed by atoms with Gasteiger partial charge in [0.15, 0.2) is 0 Å². The summed E-state index contributed by atoms with van der Waals surface area (Å²) in [7, 11) is 0. The Morgan fingerprint density at radius 3 is 2.38 bits per heavy atom. The lowest BCUT2D eigenvalue weighted by Crippen LogP contribution is -2.55. The maximum absolute atomic E-state index is 13.5. The quantitative estimate of drug-likeness (QED) is 0.290. The van der Waals surface area contributed by atoms with E-state index in [1.54, 1.807) is 20.8 Å². The van der Waals surface area contributed by atoms with Crippen molar-refractivity contribution in [1.29, 1.82) is 0 Å². The maximum Gasteiger partial charge on any atom is 0.408 e. The standard InChI is InChI=1S/C27H41N5O7/c1-18(22(28)33)30-23(34)21-14-10-16-32(21)24(35)20(31-26(37)39-27(2,3)4)13-8-9-15-29-25(36)38-17-19-11-6-5-7-12-19/h5-7,11-12,18,20-21H,8-10,13-17H2,1-4H3,(H2,28,33)(H,29,36)(H,30,34)(H,31,37)/t18-,20+,21+/m1/s1. The monoisotopic (exact) mass is 547 g/mol. The molecular weight excluding hydrogens is 506 g/mol. The third kappa shape index (κ3) is 11.2. The minimum atomic E-state index is -0.938. The van der Waals surface area contributed by atoms with E-state index in [0.717, 1.165) is 5.56 Å². The van der Waals surface area contributed by atoms with Gasteiger partial charge in [-0.2, -0.15) is 0 Å². The summed E-state index contributed by atoms with van der Waals surface area (Å²) >= 11 is 0. The van der Waals surface area contributed by atoms with Crippen molar-refractivity contribution in [1.82, 2.24) is 20.9 Å². The fraction of sp³-hybridized carbons (Fsp3) is 0.593. The van der Waals surface area contributed by atoms with Crippen molar-refractivity contribution in [3.63, 3.8) is 0 Å². The second-order valence-corrected chi connectivity index (χ2v) is 10.5. The van der Waals surface area contributed by atoms with E-state index in [-0.39, 0.29) is 13.0 Å². The Balaban J connectivity index is 1.92. The molecule has 12 nitrogen and oxygen atoms in total. The summed E-state index contributed by atoms with van der Waals surface area (Å²) in [6.45, 7) is 7.43. The van der Waals surface area contributed by atoms with Gasteiger partial charge in [-0.15, -0.1) is 0 Å². The fourth-order valence-electron chi connectivity index (χ4n) is 4.03. The molecule has 0 aromatic heterocycles. The maximum atomic E-state index is 13.5. The Hall–Kier alpha value is -3.83. The number of unbranched alkanes of at least 4 members (excludes halogenated alkanes) is 1. The SMILES string of the molecule is C[C@@H](NC(=O)[C@@H]1CCCN1C(=O)[C@H](CCCCNC(=O)OCc1ccccc1)NC(=O)OC(C)(C)C)C(N)=O. The van der Waals surface area contributed by atoms with Gasteiger partial charge in [0.1, 0.15) is 30.3 Å². The number of hydrogen-bond acceptors (Lipinski definition) is 7. The summed E-state index contributed by atoms with van der Waals surface area (Å²) in [4.78, 5) is 63.4. The van der Waals surface area contributed by atoms with Crippen LogP contribution < -0.4 is 21.7 Å². The van der Waals surface area contributed by atoms with Crippen LogP contribution in [0.2, 0.25) is 0 Å². The molecule has 1 aliphatic heterocycles. The van der Waals surface area contributed by atoms with Gasteiger partial charge < -0.3 is 36.1 Å². The van der Waals surface area contributed by atoms with Crippen LogP contribution in [-0.4, -0.2) is 71.6 Å². The molecule has 0 aliphatic carbocycles. The van der Waals surface area contributed by atoms with Gasteiger partial charge in [0.2, 0.25) is 17.7 Å². The first-order chi connectivity index (χ1) is 18.4. The van der Waals surface area contributed by atoms with Gasteiger partial charge in [0, 0.05) is 13.1 Å². The minimum Gasteiger partial charge on any atom is -0.445 e. The molecule has 1 aliphatic rings. The van der Waals surface area contributed by atoms with Crippen molar-refractivity contribution in [3.05, 3.63) is 35.9 Å². The highest BCUT2D eigenvalue weighted by atomic mass is 16.6. The molecule has 0 radical (unpaired) electrons. The van der Waals surface area contributed by atoms with Gasteiger partial charge in [0.05, 0.1) is 0 Å². The fourth-order valence-corrected chi connectivity index (χ4v) is 4.03. The van der Waals surface area contributed by atoms with Gasteiger partial charge in [0.25, 0.3) is 0 Å². The third-order valence-corrected chi connectivity index (χ3v) is 6.01. The van der Waals surface area contributed by atoms with Crippen LogP contribution in [0.1, 0.15) is 65.4 Å². The summed E-state index contributed by atoms with van der Waals surface area (Å²) in [5.74, 6) is -1.57. The zero-order chi connectivity index (χ0) is 29.0. The number of benzene rings is 1. The highest BCUT2D eigenvalue weighted by molar-refractivity contribution is 5.93. The summed E-state index contributed by atoms with van der Waals surface area (Å²) in [5.41, 5.74) is 5.36. The molecule has 2 rings (SSSR count). The van der Waals surface area contributed by atoms with Gasteiger partial charge in [-0.05, 0) is 65.4 Å². The first-order valence-corrected chi connectivity index (χ1v) is 13.2. The largest absolute Gasteiger partial charge is 0.445 e. The topological polar surface area (TPSA) is 169 Å². The summed E-state index contributed by atoms with van der Waals surface area (Å²) in [6, 6.07) is 6.72. The first kappa shape index (κ1) is 31.4. The number of amides is 5. The Labute approximate surface area is 229 Å². The number of hydrogen-bond donors (Lipinski definition) is 4. The van der Waals surface area contributed by atoms with Crippen molar-refractivity contribution >= 4 is 29.9 Å². The summed E-state index contributed by atoms with van der Waals surface area (Å²) in [6.07, 6.45) is 1.02. The van der Waals surface area contributed by atoms with Crippen LogP contribution in [0.15, 0.2) is 30.3 Å². The average Bonchev–Trinajstić information content (AvgIpc) is 3.36. The molecule has 0 unspecified atom stereocenters. The molecule has 0 spiro atoms. The Bertz CT molecular complexity index is 996. The normalized spacial score (nSPS) is 16.5. The second kappa shape index (κ2) is 14.9. The van der Waals surface area contributed by atoms with E-state index in [2.05, 4.69) is 16.0 Å². The molecule has 1 aromatic carbocycles. The molecule has 12 heteroatoms. The summed E-state index contributed by atoms with van der Waals surface area (Å²) in [5, 5.41) is 7.85. The number of nitrogens with one attached hydrogen (secondary N) is 3. The summed E-state index contributed by atoms with van der Waals surface area (Å²) < 4.78 is 10.5. The number of nitrogens with two attached hydrogens (primary N) is 1. The van der Waals surface area contributed by atoms with Crippen molar-refractivity contribution in [3.8, 4) is 0 Å². The Morgan fingerprint density at radius 1 is 1.05 bits per heavy atom. The van der Waals surface area contributed by atoms with E-state index in [9.17, 15) is 24.0 Å². The zero-order valence-electron chi connectivity index (χ0n) is 23.2. The van der Waals surface area contributed by atoms with Crippen LogP contribution in [0.25, 0.3) is 0 Å². The Morgan fingerprint density at radius 2 is 1.74 bits per heavy atom. The molecule has 0 bridgehead atoms. The first-order valence-electron chi connectivity index (χ1n) is 13.2. The van der Waals surface area contributed by atoms with Crippen LogP contribution in [0.3, 0.4) is 0 Å². The number of ether oxygens (including phenoxy) is 2. The molecule has 39 heavy (non-hydrogen) atoms. The van der Waals surface area contributed by atoms with E-state index >= 15 is 0 Å². The molecule has 1 saturated heterocycles. The number of likely N-dealkylation sites (tertiary alicyclic amines) is 1. The van der Waals surface area contributed by atoms with Crippen molar-refractivity contribution in [2.75, 3.05) is 13.1 Å². The van der Waals surface area contributed by atoms with Gasteiger partial charge in [-0.1, -0.05) is 30.3 Å². The highest BCUT2D eigenvalue weighted by Crippen LogP contribution is 2.20. The van der Waals surface area contributed by atoms with E-state index in [1.165, 1.54) is 11.8 Å². The predicted octanol–water partition coefficient (Wildman–Crippen LogP) is 1.96. The third-order valence-electron chi connectivity index (χ3n) is 6.01. The molecule has 216 valence electrons. The zero-order valence-corrected chi connectivity index (χ0v) is 23.2. The van der Waals surface area contributed by atoms with Crippen LogP contribution in [0, 0.1) is 0 Å². The van der Waals surface area contributed by atoms with Crippen LogP contribution >= 0.6 is 0 Å². The lowest BCUT2D eigenvalue weighted by atomic mass is 10.1. The lowest BCUT2D eigenvalue weighted by molar-refractivity contribution is -0.140. The molecule has 1 heterocycles. The second-order valence-electron chi connectivity index (χ2n) is 10.5. The number of rotatable bonds is 12. The molecular formula is C27H41N5O7. The molecule has 1 fully saturated rings. The number of carbonyl (C=O) groups is 5. The van der Waals surface area contributed by atoms with Gasteiger partial charge >= 0.3 is 12.2 Å². The molecule has 3 atom stereocenters. The number of primary amides is 1. The van der Waals surface area contributed by atoms with Crippen LogP contribution in [0.5, 0.6) is 0 Å². The average molecular weight is 548 g/mol.